The summed E-state index contributed by atoms with van der Waals surface area (Å²) in [6, 6.07) is 0.567. The first-order valence-electron chi connectivity index (χ1n) is 6.29. The summed E-state index contributed by atoms with van der Waals surface area (Å²) in [5.41, 5.74) is 0.153. The zero-order valence-electron chi connectivity index (χ0n) is 11.4. The third kappa shape index (κ3) is 4.64. The molecular formula is C13H27NOS. The Morgan fingerprint density at radius 1 is 1.38 bits per heavy atom. The predicted octanol–water partition coefficient (Wildman–Crippen LogP) is 3.07. The third-order valence-corrected chi connectivity index (χ3v) is 4.77. The van der Waals surface area contributed by atoms with Crippen molar-refractivity contribution in [1.82, 2.24) is 5.32 Å². The highest BCUT2D eigenvalue weighted by molar-refractivity contribution is 8.00. The van der Waals surface area contributed by atoms with Crippen molar-refractivity contribution in [3.8, 4) is 0 Å². The average Bonchev–Trinajstić information content (AvgIpc) is 2.13. The lowest BCUT2D eigenvalue weighted by atomic mass is 9.80. The van der Waals surface area contributed by atoms with E-state index in [-0.39, 0.29) is 5.60 Å². The van der Waals surface area contributed by atoms with E-state index in [0.29, 0.717) is 10.8 Å². The maximum atomic E-state index is 5.60. The van der Waals surface area contributed by atoms with Crippen LogP contribution in [-0.2, 0) is 4.74 Å². The van der Waals surface area contributed by atoms with E-state index in [1.807, 2.05) is 18.9 Å². The number of thioether (sulfide) groups is 1. The second kappa shape index (κ2) is 5.74. The monoisotopic (exact) mass is 245 g/mol. The van der Waals surface area contributed by atoms with Crippen molar-refractivity contribution in [2.45, 2.75) is 63.3 Å². The van der Waals surface area contributed by atoms with Gasteiger partial charge in [-0.15, -0.1) is 0 Å². The van der Waals surface area contributed by atoms with Gasteiger partial charge in [-0.1, -0.05) is 20.8 Å². The number of hydrogen-bond acceptors (Lipinski definition) is 3. The molecule has 0 heterocycles. The fourth-order valence-corrected chi connectivity index (χ4v) is 2.69. The second-order valence-corrected chi connectivity index (χ2v) is 7.79. The Morgan fingerprint density at radius 3 is 2.38 bits per heavy atom. The summed E-state index contributed by atoms with van der Waals surface area (Å²) in [6.07, 6.45) is 3.76. The van der Waals surface area contributed by atoms with Gasteiger partial charge in [0.05, 0.1) is 5.60 Å². The van der Waals surface area contributed by atoms with Gasteiger partial charge in [-0.05, 0) is 26.2 Å². The largest absolute Gasteiger partial charge is 0.377 e. The summed E-state index contributed by atoms with van der Waals surface area (Å²) in [5.74, 6) is 1.17. The minimum atomic E-state index is 0.153. The Kier molecular flexibility index (Phi) is 5.14. The molecule has 1 aliphatic rings. The average molecular weight is 245 g/mol. The first-order valence-corrected chi connectivity index (χ1v) is 7.28. The summed E-state index contributed by atoms with van der Waals surface area (Å²) >= 11 is 2.02. The van der Waals surface area contributed by atoms with Gasteiger partial charge in [0.15, 0.2) is 0 Å². The summed E-state index contributed by atoms with van der Waals surface area (Å²) in [6.45, 7) is 10.1. The van der Waals surface area contributed by atoms with Crippen LogP contribution in [0.25, 0.3) is 0 Å². The van der Waals surface area contributed by atoms with Crippen LogP contribution in [0.2, 0.25) is 0 Å². The molecule has 1 saturated carbocycles. The van der Waals surface area contributed by atoms with Gasteiger partial charge in [-0.25, -0.2) is 0 Å². The van der Waals surface area contributed by atoms with Crippen LogP contribution in [0.1, 0.15) is 47.0 Å². The van der Waals surface area contributed by atoms with Crippen LogP contribution in [0.3, 0.4) is 0 Å². The van der Waals surface area contributed by atoms with Crippen LogP contribution >= 0.6 is 11.8 Å². The zero-order chi connectivity index (χ0) is 12.2. The van der Waals surface area contributed by atoms with Crippen molar-refractivity contribution >= 4 is 11.8 Å². The van der Waals surface area contributed by atoms with Crippen molar-refractivity contribution in [2.75, 3.05) is 19.4 Å². The quantitative estimate of drug-likeness (QED) is 0.777. The molecule has 0 aliphatic heterocycles. The molecule has 16 heavy (non-hydrogen) atoms. The number of nitrogens with one attached hydrogen (secondary N) is 1. The van der Waals surface area contributed by atoms with Crippen LogP contribution in [0.4, 0.5) is 0 Å². The van der Waals surface area contributed by atoms with E-state index in [4.69, 9.17) is 4.74 Å². The highest BCUT2D eigenvalue weighted by Gasteiger charge is 2.36. The molecule has 0 aromatic carbocycles. The molecule has 1 unspecified atom stereocenters. The number of ether oxygens (including phenoxy) is 1. The van der Waals surface area contributed by atoms with Gasteiger partial charge < -0.3 is 10.1 Å². The fraction of sp³-hybridized carbons (Fsp3) is 1.00. The maximum Gasteiger partial charge on any atom is 0.0802 e. The minimum Gasteiger partial charge on any atom is -0.377 e. The molecule has 1 aliphatic carbocycles. The van der Waals surface area contributed by atoms with Crippen molar-refractivity contribution in [1.29, 1.82) is 0 Å². The molecular weight excluding hydrogens is 218 g/mol. The highest BCUT2D eigenvalue weighted by Crippen LogP contribution is 2.34. The van der Waals surface area contributed by atoms with Crippen molar-refractivity contribution in [2.24, 2.45) is 0 Å². The van der Waals surface area contributed by atoms with Crippen LogP contribution in [0.5, 0.6) is 0 Å². The molecule has 0 bridgehead atoms. The van der Waals surface area contributed by atoms with E-state index in [2.05, 4.69) is 33.0 Å². The Labute approximate surface area is 105 Å². The Bertz CT molecular complexity index is 203. The first-order chi connectivity index (χ1) is 7.37. The molecule has 2 nitrogen and oxygen atoms in total. The normalized spacial score (nSPS) is 21.6. The van der Waals surface area contributed by atoms with Gasteiger partial charge >= 0.3 is 0 Å². The van der Waals surface area contributed by atoms with Gasteiger partial charge in [-0.3, -0.25) is 0 Å². The lowest BCUT2D eigenvalue weighted by molar-refractivity contribution is -0.0702. The molecule has 1 rings (SSSR count). The third-order valence-electron chi connectivity index (χ3n) is 3.24. The standard InChI is InChI=1S/C13H27NOS/c1-11(9-16-12(2,3)4)14-10-13(15-5)7-6-8-13/h11,14H,6-10H2,1-5H3. The molecule has 1 atom stereocenters. The van der Waals surface area contributed by atoms with Gasteiger partial charge in [0.1, 0.15) is 0 Å². The lowest BCUT2D eigenvalue weighted by Gasteiger charge is -2.41. The number of rotatable bonds is 6. The van der Waals surface area contributed by atoms with Crippen molar-refractivity contribution in [3.05, 3.63) is 0 Å². The van der Waals surface area contributed by atoms with Gasteiger partial charge in [0, 0.05) is 30.2 Å². The van der Waals surface area contributed by atoms with E-state index in [9.17, 15) is 0 Å². The Morgan fingerprint density at radius 2 is 2.00 bits per heavy atom. The lowest BCUT2D eigenvalue weighted by Crippen LogP contribution is -2.50. The molecule has 0 amide bonds. The molecule has 1 N–H and O–H groups in total. The number of methoxy groups -OCH3 is 1. The predicted molar refractivity (Wildman–Crippen MR) is 73.3 cm³/mol. The molecule has 3 heteroatoms. The topological polar surface area (TPSA) is 21.3 Å². The highest BCUT2D eigenvalue weighted by atomic mass is 32.2. The fourth-order valence-electron chi connectivity index (χ4n) is 1.82. The van der Waals surface area contributed by atoms with Crippen LogP contribution in [0.15, 0.2) is 0 Å². The van der Waals surface area contributed by atoms with Crippen LogP contribution in [0, 0.1) is 0 Å². The van der Waals surface area contributed by atoms with Gasteiger partial charge in [0.2, 0.25) is 0 Å². The first kappa shape index (κ1) is 14.3. The van der Waals surface area contributed by atoms with Gasteiger partial charge in [-0.2, -0.15) is 11.8 Å². The number of hydrogen-bond donors (Lipinski definition) is 1. The molecule has 96 valence electrons. The maximum absolute atomic E-state index is 5.60. The Hall–Kier alpha value is 0.270. The molecule has 0 spiro atoms. The van der Waals surface area contributed by atoms with Crippen molar-refractivity contribution < 1.29 is 4.74 Å². The molecule has 0 aromatic rings. The van der Waals surface area contributed by atoms with E-state index in [0.717, 1.165) is 6.54 Å². The van der Waals surface area contributed by atoms with E-state index >= 15 is 0 Å². The second-order valence-electron chi connectivity index (χ2n) is 5.95. The molecule has 0 saturated heterocycles. The summed E-state index contributed by atoms with van der Waals surface area (Å²) in [7, 11) is 1.84. The molecule has 0 radical (unpaired) electrons. The smallest absolute Gasteiger partial charge is 0.0802 e. The Balaban J connectivity index is 2.17. The zero-order valence-corrected chi connectivity index (χ0v) is 12.2. The van der Waals surface area contributed by atoms with Gasteiger partial charge in [0.25, 0.3) is 0 Å². The van der Waals surface area contributed by atoms with E-state index in [1.165, 1.54) is 25.0 Å². The molecule has 1 fully saturated rings. The minimum absolute atomic E-state index is 0.153. The summed E-state index contributed by atoms with van der Waals surface area (Å²) in [5, 5.41) is 3.60. The van der Waals surface area contributed by atoms with Crippen LogP contribution < -0.4 is 5.32 Å². The van der Waals surface area contributed by atoms with E-state index in [1.54, 1.807) is 0 Å². The summed E-state index contributed by atoms with van der Waals surface area (Å²) < 4.78 is 5.97. The van der Waals surface area contributed by atoms with E-state index < -0.39 is 0 Å². The SMILES string of the molecule is COC1(CNC(C)CSC(C)(C)C)CCC1. The molecule has 0 aromatic heterocycles. The van der Waals surface area contributed by atoms with Crippen LogP contribution in [-0.4, -0.2) is 35.8 Å². The summed E-state index contributed by atoms with van der Waals surface area (Å²) in [4.78, 5) is 0. The van der Waals surface area contributed by atoms with Crippen molar-refractivity contribution in [3.63, 3.8) is 0 Å².